The summed E-state index contributed by atoms with van der Waals surface area (Å²) >= 11 is 5.43. The van der Waals surface area contributed by atoms with Crippen molar-refractivity contribution in [3.05, 3.63) is 41.7 Å². The van der Waals surface area contributed by atoms with E-state index in [0.29, 0.717) is 17.7 Å². The van der Waals surface area contributed by atoms with E-state index in [4.69, 9.17) is 16.3 Å². The first-order valence-corrected chi connectivity index (χ1v) is 5.10. The van der Waals surface area contributed by atoms with Gasteiger partial charge in [0, 0.05) is 5.88 Å². The maximum Gasteiger partial charge on any atom is 0.419 e. The monoisotopic (exact) mass is 268 g/mol. The van der Waals surface area contributed by atoms with Crippen molar-refractivity contribution in [1.29, 1.82) is 0 Å². The molecule has 17 heavy (non-hydrogen) atoms. The van der Waals surface area contributed by atoms with Crippen molar-refractivity contribution in [3.8, 4) is 5.75 Å². The Balaban J connectivity index is 2.86. The lowest BCUT2D eigenvalue weighted by Crippen LogP contribution is -2.09. The van der Waals surface area contributed by atoms with Gasteiger partial charge in [0.05, 0.1) is 5.56 Å². The molecule has 0 atom stereocenters. The molecule has 0 heterocycles. The van der Waals surface area contributed by atoms with E-state index in [0.717, 1.165) is 6.07 Å². The second-order valence-corrected chi connectivity index (χ2v) is 3.58. The Hall–Kier alpha value is -1.23. The molecule has 0 amide bonds. The van der Waals surface area contributed by atoms with Crippen LogP contribution in [0.2, 0.25) is 0 Å². The molecule has 0 aliphatic rings. The molecule has 6 heteroatoms. The third kappa shape index (κ3) is 3.93. The summed E-state index contributed by atoms with van der Waals surface area (Å²) in [6.45, 7) is 3.52. The van der Waals surface area contributed by atoms with E-state index in [9.17, 15) is 17.6 Å². The molecule has 0 aliphatic carbocycles. The van der Waals surface area contributed by atoms with E-state index in [2.05, 4.69) is 6.58 Å². The van der Waals surface area contributed by atoms with Gasteiger partial charge in [0.25, 0.3) is 0 Å². The Labute approximate surface area is 101 Å². The van der Waals surface area contributed by atoms with Gasteiger partial charge >= 0.3 is 6.18 Å². The summed E-state index contributed by atoms with van der Waals surface area (Å²) in [7, 11) is 0. The summed E-state index contributed by atoms with van der Waals surface area (Å²) in [5, 5.41) is 0. The summed E-state index contributed by atoms with van der Waals surface area (Å²) in [5.41, 5.74) is -0.837. The molecule has 0 aliphatic heterocycles. The van der Waals surface area contributed by atoms with Gasteiger partial charge in [0.2, 0.25) is 0 Å². The van der Waals surface area contributed by atoms with E-state index in [1.54, 1.807) is 0 Å². The fourth-order valence-corrected chi connectivity index (χ4v) is 1.11. The highest BCUT2D eigenvalue weighted by Crippen LogP contribution is 2.33. The Morgan fingerprint density at radius 3 is 2.53 bits per heavy atom. The Bertz CT molecular complexity index is 414. The molecule has 0 saturated carbocycles. The minimum absolute atomic E-state index is 0.00751. The van der Waals surface area contributed by atoms with E-state index in [1.165, 1.54) is 0 Å². The molecule has 0 bridgehead atoms. The molecule has 1 aromatic carbocycles. The van der Waals surface area contributed by atoms with Crippen LogP contribution in [0.5, 0.6) is 5.75 Å². The number of ether oxygens (including phenoxy) is 1. The predicted molar refractivity (Wildman–Crippen MR) is 56.8 cm³/mol. The minimum Gasteiger partial charge on any atom is -0.489 e. The molecule has 0 fully saturated rings. The van der Waals surface area contributed by atoms with Gasteiger partial charge in [0.15, 0.2) is 0 Å². The van der Waals surface area contributed by atoms with Crippen LogP contribution in [0.4, 0.5) is 17.6 Å². The predicted octanol–water partition coefficient (Wildman–Crippen LogP) is 4.02. The van der Waals surface area contributed by atoms with Crippen LogP contribution in [-0.2, 0) is 6.18 Å². The lowest BCUT2D eigenvalue weighted by Gasteiger charge is -2.11. The summed E-state index contributed by atoms with van der Waals surface area (Å²) in [6.07, 6.45) is -4.74. The molecule has 0 radical (unpaired) electrons. The summed E-state index contributed by atoms with van der Waals surface area (Å²) < 4.78 is 55.0. The zero-order chi connectivity index (χ0) is 13.1. The lowest BCUT2D eigenvalue weighted by molar-refractivity contribution is -0.140. The average Bonchev–Trinajstić information content (AvgIpc) is 2.26. The van der Waals surface area contributed by atoms with Gasteiger partial charge in [-0.15, -0.1) is 11.6 Å². The van der Waals surface area contributed by atoms with Crippen LogP contribution in [0.25, 0.3) is 0 Å². The SMILES string of the molecule is C=C(CCl)COc1ccc(F)c(C(F)(F)F)c1. The van der Waals surface area contributed by atoms with Crippen molar-refractivity contribution in [1.82, 2.24) is 0 Å². The fraction of sp³-hybridized carbons (Fsp3) is 0.273. The topological polar surface area (TPSA) is 9.23 Å². The lowest BCUT2D eigenvalue weighted by atomic mass is 10.2. The molecule has 0 spiro atoms. The van der Waals surface area contributed by atoms with Crippen molar-refractivity contribution in [3.63, 3.8) is 0 Å². The highest BCUT2D eigenvalue weighted by Gasteiger charge is 2.34. The van der Waals surface area contributed by atoms with Gasteiger partial charge in [-0.3, -0.25) is 0 Å². The molecule has 0 saturated heterocycles. The molecule has 1 aromatic rings. The number of benzene rings is 1. The van der Waals surface area contributed by atoms with Crippen LogP contribution in [-0.4, -0.2) is 12.5 Å². The average molecular weight is 269 g/mol. The van der Waals surface area contributed by atoms with Crippen molar-refractivity contribution in [2.24, 2.45) is 0 Å². The van der Waals surface area contributed by atoms with E-state index < -0.39 is 17.6 Å². The Kier molecular flexibility index (Phi) is 4.40. The quantitative estimate of drug-likeness (QED) is 0.455. The van der Waals surface area contributed by atoms with Crippen molar-refractivity contribution in [2.45, 2.75) is 6.18 Å². The molecule has 94 valence electrons. The molecular weight excluding hydrogens is 260 g/mol. The first kappa shape index (κ1) is 13.8. The Morgan fingerprint density at radius 2 is 2.00 bits per heavy atom. The number of alkyl halides is 4. The van der Waals surface area contributed by atoms with Crippen LogP contribution in [0.1, 0.15) is 5.56 Å². The zero-order valence-electron chi connectivity index (χ0n) is 8.65. The van der Waals surface area contributed by atoms with E-state index >= 15 is 0 Å². The van der Waals surface area contributed by atoms with Crippen molar-refractivity contribution in [2.75, 3.05) is 12.5 Å². The number of halogens is 5. The standard InChI is InChI=1S/C11H9ClF4O/c1-7(5-12)6-17-8-2-3-10(13)9(4-8)11(14,15)16/h2-4H,1,5-6H2. The smallest absolute Gasteiger partial charge is 0.419 e. The van der Waals surface area contributed by atoms with Gasteiger partial charge in [0.1, 0.15) is 18.2 Å². The molecule has 0 N–H and O–H groups in total. The van der Waals surface area contributed by atoms with E-state index in [-0.39, 0.29) is 18.2 Å². The molecule has 0 unspecified atom stereocenters. The maximum absolute atomic E-state index is 12.9. The first-order valence-electron chi connectivity index (χ1n) is 4.56. The molecule has 1 rings (SSSR count). The van der Waals surface area contributed by atoms with Gasteiger partial charge in [-0.05, 0) is 23.8 Å². The Morgan fingerprint density at radius 1 is 1.35 bits per heavy atom. The van der Waals surface area contributed by atoms with E-state index in [1.807, 2.05) is 0 Å². The summed E-state index contributed by atoms with van der Waals surface area (Å²) in [4.78, 5) is 0. The number of hydrogen-bond donors (Lipinski definition) is 0. The highest BCUT2D eigenvalue weighted by atomic mass is 35.5. The van der Waals surface area contributed by atoms with Gasteiger partial charge in [-0.25, -0.2) is 4.39 Å². The second-order valence-electron chi connectivity index (χ2n) is 3.31. The second kappa shape index (κ2) is 5.40. The minimum atomic E-state index is -4.74. The van der Waals surface area contributed by atoms with Crippen LogP contribution in [0.15, 0.2) is 30.4 Å². The fourth-order valence-electron chi connectivity index (χ4n) is 1.04. The maximum atomic E-state index is 12.9. The third-order valence-electron chi connectivity index (χ3n) is 1.88. The van der Waals surface area contributed by atoms with Crippen LogP contribution in [0.3, 0.4) is 0 Å². The molecular formula is C11H9ClF4O. The van der Waals surface area contributed by atoms with Gasteiger partial charge in [-0.1, -0.05) is 6.58 Å². The summed E-state index contributed by atoms with van der Waals surface area (Å²) in [5.74, 6) is -1.26. The molecule has 0 aromatic heterocycles. The highest BCUT2D eigenvalue weighted by molar-refractivity contribution is 6.19. The number of hydrogen-bond acceptors (Lipinski definition) is 1. The summed E-state index contributed by atoms with van der Waals surface area (Å²) in [6, 6.07) is 2.44. The molecule has 1 nitrogen and oxygen atoms in total. The van der Waals surface area contributed by atoms with Crippen LogP contribution >= 0.6 is 11.6 Å². The van der Waals surface area contributed by atoms with Crippen LogP contribution in [0, 0.1) is 5.82 Å². The van der Waals surface area contributed by atoms with Crippen LogP contribution < -0.4 is 4.74 Å². The van der Waals surface area contributed by atoms with Gasteiger partial charge < -0.3 is 4.74 Å². The zero-order valence-corrected chi connectivity index (χ0v) is 9.41. The first-order chi connectivity index (χ1) is 7.84. The van der Waals surface area contributed by atoms with Crippen molar-refractivity contribution >= 4 is 11.6 Å². The van der Waals surface area contributed by atoms with Gasteiger partial charge in [-0.2, -0.15) is 13.2 Å². The van der Waals surface area contributed by atoms with Crippen molar-refractivity contribution < 1.29 is 22.3 Å². The number of rotatable bonds is 4. The third-order valence-corrected chi connectivity index (χ3v) is 2.25. The largest absolute Gasteiger partial charge is 0.489 e. The normalized spacial score (nSPS) is 11.4.